The van der Waals surface area contributed by atoms with Gasteiger partial charge >= 0.3 is 0 Å². The molecule has 0 aromatic carbocycles. The van der Waals surface area contributed by atoms with Crippen molar-refractivity contribution in [3.05, 3.63) is 53.9 Å². The predicted octanol–water partition coefficient (Wildman–Crippen LogP) is 1.24. The molecule has 1 aliphatic rings. The van der Waals surface area contributed by atoms with Crippen LogP contribution in [0.25, 0.3) is 0 Å². The molecule has 1 saturated heterocycles. The van der Waals surface area contributed by atoms with Gasteiger partial charge in [0.1, 0.15) is 5.82 Å². The van der Waals surface area contributed by atoms with Crippen molar-refractivity contribution >= 4 is 5.91 Å². The number of ether oxygens (including phenoxy) is 1. The lowest BCUT2D eigenvalue weighted by molar-refractivity contribution is 0.0154. The molecule has 1 N–H and O–H groups in total. The predicted molar refractivity (Wildman–Crippen MR) is 93.1 cm³/mol. The van der Waals surface area contributed by atoms with E-state index in [2.05, 4.69) is 25.2 Å². The standard InChI is InChI=1S/C18H23N5O2/c1-2-17-20-11-14(12-21-17)18(24)22-13-16(15-5-3-4-6-19-15)23-7-9-25-10-8-23/h3-6,11-12,16H,2,7-10,13H2,1H3,(H,22,24)/t16-/m1/s1. The molecule has 0 unspecified atom stereocenters. The second-order valence-corrected chi connectivity index (χ2v) is 5.87. The Kier molecular flexibility index (Phi) is 6.03. The van der Waals surface area contributed by atoms with E-state index in [4.69, 9.17) is 4.74 Å². The first-order valence-electron chi connectivity index (χ1n) is 8.59. The zero-order valence-corrected chi connectivity index (χ0v) is 14.4. The molecule has 0 saturated carbocycles. The van der Waals surface area contributed by atoms with Crippen LogP contribution < -0.4 is 5.32 Å². The highest BCUT2D eigenvalue weighted by molar-refractivity contribution is 5.93. The molecule has 0 aliphatic carbocycles. The number of hydrogen-bond acceptors (Lipinski definition) is 6. The Morgan fingerprint density at radius 1 is 1.24 bits per heavy atom. The highest BCUT2D eigenvalue weighted by Gasteiger charge is 2.24. The van der Waals surface area contributed by atoms with Gasteiger partial charge in [0.25, 0.3) is 5.91 Å². The fourth-order valence-corrected chi connectivity index (χ4v) is 2.83. The minimum absolute atomic E-state index is 0.0184. The average Bonchev–Trinajstić information content (AvgIpc) is 2.70. The molecule has 0 bridgehead atoms. The lowest BCUT2D eigenvalue weighted by atomic mass is 10.1. The number of aromatic nitrogens is 3. The third-order valence-electron chi connectivity index (χ3n) is 4.26. The third kappa shape index (κ3) is 4.58. The molecule has 2 aromatic rings. The van der Waals surface area contributed by atoms with Gasteiger partial charge in [-0.15, -0.1) is 0 Å². The lowest BCUT2D eigenvalue weighted by Gasteiger charge is -2.34. The number of carbonyl (C=O) groups excluding carboxylic acids is 1. The van der Waals surface area contributed by atoms with Gasteiger partial charge in [-0.2, -0.15) is 0 Å². The van der Waals surface area contributed by atoms with Crippen molar-refractivity contribution in [3.8, 4) is 0 Å². The Balaban J connectivity index is 1.68. The Morgan fingerprint density at radius 3 is 2.64 bits per heavy atom. The molecular weight excluding hydrogens is 318 g/mol. The molecule has 1 amide bonds. The highest BCUT2D eigenvalue weighted by Crippen LogP contribution is 2.19. The van der Waals surface area contributed by atoms with Crippen LogP contribution in [0, 0.1) is 0 Å². The number of carbonyl (C=O) groups is 1. The summed E-state index contributed by atoms with van der Waals surface area (Å²) >= 11 is 0. The Hall–Kier alpha value is -2.38. The minimum Gasteiger partial charge on any atom is -0.379 e. The summed E-state index contributed by atoms with van der Waals surface area (Å²) in [5.41, 5.74) is 1.42. The summed E-state index contributed by atoms with van der Waals surface area (Å²) in [6.45, 7) is 5.50. The first kappa shape index (κ1) is 17.4. The van der Waals surface area contributed by atoms with Crippen LogP contribution in [0.15, 0.2) is 36.8 Å². The van der Waals surface area contributed by atoms with Crippen LogP contribution in [0.5, 0.6) is 0 Å². The summed E-state index contributed by atoms with van der Waals surface area (Å²) in [6.07, 6.45) is 5.68. The summed E-state index contributed by atoms with van der Waals surface area (Å²) in [5.74, 6) is 0.563. The molecule has 0 spiro atoms. The maximum Gasteiger partial charge on any atom is 0.254 e. The van der Waals surface area contributed by atoms with Crippen molar-refractivity contribution < 1.29 is 9.53 Å². The highest BCUT2D eigenvalue weighted by atomic mass is 16.5. The normalized spacial score (nSPS) is 16.4. The zero-order valence-electron chi connectivity index (χ0n) is 14.4. The quantitative estimate of drug-likeness (QED) is 0.851. The molecular formula is C18H23N5O2. The van der Waals surface area contributed by atoms with Gasteiger partial charge in [0.15, 0.2) is 0 Å². The van der Waals surface area contributed by atoms with Crippen LogP contribution in [-0.4, -0.2) is 58.6 Å². The van der Waals surface area contributed by atoms with E-state index < -0.39 is 0 Å². The van der Waals surface area contributed by atoms with Gasteiger partial charge in [-0.3, -0.25) is 14.7 Å². The summed E-state index contributed by atoms with van der Waals surface area (Å²) in [7, 11) is 0. The van der Waals surface area contributed by atoms with E-state index in [9.17, 15) is 4.79 Å². The van der Waals surface area contributed by atoms with Crippen molar-refractivity contribution in [2.45, 2.75) is 19.4 Å². The Labute approximate surface area is 147 Å². The first-order valence-corrected chi connectivity index (χ1v) is 8.59. The fourth-order valence-electron chi connectivity index (χ4n) is 2.83. The van der Waals surface area contributed by atoms with Crippen molar-refractivity contribution in [3.63, 3.8) is 0 Å². The molecule has 132 valence electrons. The van der Waals surface area contributed by atoms with Crippen LogP contribution in [-0.2, 0) is 11.2 Å². The number of hydrogen-bond donors (Lipinski definition) is 1. The molecule has 1 fully saturated rings. The van der Waals surface area contributed by atoms with E-state index >= 15 is 0 Å². The van der Waals surface area contributed by atoms with Crippen LogP contribution in [0.4, 0.5) is 0 Å². The van der Waals surface area contributed by atoms with Gasteiger partial charge in [0, 0.05) is 44.6 Å². The van der Waals surface area contributed by atoms with E-state index in [0.717, 1.165) is 31.0 Å². The SMILES string of the molecule is CCc1ncc(C(=O)NC[C@H](c2ccccn2)N2CCOCC2)cn1. The second kappa shape index (κ2) is 8.64. The monoisotopic (exact) mass is 341 g/mol. The van der Waals surface area contributed by atoms with Crippen LogP contribution in [0.3, 0.4) is 0 Å². The van der Waals surface area contributed by atoms with Gasteiger partial charge in [-0.05, 0) is 12.1 Å². The first-order chi connectivity index (χ1) is 12.3. The second-order valence-electron chi connectivity index (χ2n) is 5.87. The maximum absolute atomic E-state index is 12.4. The largest absolute Gasteiger partial charge is 0.379 e. The van der Waals surface area contributed by atoms with Crippen LogP contribution in [0.2, 0.25) is 0 Å². The number of rotatable bonds is 6. The van der Waals surface area contributed by atoms with E-state index in [0.29, 0.717) is 25.3 Å². The van der Waals surface area contributed by atoms with Crippen LogP contribution >= 0.6 is 0 Å². The number of pyridine rings is 1. The number of morpholine rings is 1. The van der Waals surface area contributed by atoms with E-state index in [-0.39, 0.29) is 11.9 Å². The van der Waals surface area contributed by atoms with Gasteiger partial charge in [0.05, 0.1) is 30.5 Å². The van der Waals surface area contributed by atoms with Crippen molar-refractivity contribution in [2.75, 3.05) is 32.8 Å². The molecule has 7 nitrogen and oxygen atoms in total. The maximum atomic E-state index is 12.4. The lowest BCUT2D eigenvalue weighted by Crippen LogP contribution is -2.44. The fraction of sp³-hybridized carbons (Fsp3) is 0.444. The van der Waals surface area contributed by atoms with Gasteiger partial charge < -0.3 is 10.1 Å². The third-order valence-corrected chi connectivity index (χ3v) is 4.26. The van der Waals surface area contributed by atoms with Crippen molar-refractivity contribution in [2.24, 2.45) is 0 Å². The average molecular weight is 341 g/mol. The molecule has 1 atom stereocenters. The van der Waals surface area contributed by atoms with Gasteiger partial charge in [0.2, 0.25) is 0 Å². The molecule has 7 heteroatoms. The van der Waals surface area contributed by atoms with E-state index in [1.54, 1.807) is 18.6 Å². The summed E-state index contributed by atoms with van der Waals surface area (Å²) in [5, 5.41) is 2.99. The number of aryl methyl sites for hydroxylation is 1. The number of amides is 1. The molecule has 1 aliphatic heterocycles. The summed E-state index contributed by atoms with van der Waals surface area (Å²) < 4.78 is 5.44. The van der Waals surface area contributed by atoms with Crippen molar-refractivity contribution in [1.29, 1.82) is 0 Å². The van der Waals surface area contributed by atoms with Crippen molar-refractivity contribution in [1.82, 2.24) is 25.2 Å². The molecule has 3 rings (SSSR count). The summed E-state index contributed by atoms with van der Waals surface area (Å²) in [4.78, 5) is 27.5. The number of nitrogens with zero attached hydrogens (tertiary/aromatic N) is 4. The molecule has 3 heterocycles. The molecule has 0 radical (unpaired) electrons. The Bertz CT molecular complexity index is 672. The van der Waals surface area contributed by atoms with E-state index in [1.807, 2.05) is 25.1 Å². The zero-order chi connectivity index (χ0) is 17.5. The topological polar surface area (TPSA) is 80.2 Å². The van der Waals surface area contributed by atoms with Gasteiger partial charge in [-0.1, -0.05) is 13.0 Å². The Morgan fingerprint density at radius 2 is 2.00 bits per heavy atom. The summed E-state index contributed by atoms with van der Waals surface area (Å²) in [6, 6.07) is 5.87. The molecule has 2 aromatic heterocycles. The minimum atomic E-state index is -0.170. The smallest absolute Gasteiger partial charge is 0.254 e. The molecule has 25 heavy (non-hydrogen) atoms. The van der Waals surface area contributed by atoms with E-state index in [1.165, 1.54) is 0 Å². The number of nitrogens with one attached hydrogen (secondary N) is 1. The van der Waals surface area contributed by atoms with Gasteiger partial charge in [-0.25, -0.2) is 9.97 Å². The van der Waals surface area contributed by atoms with Crippen LogP contribution in [0.1, 0.15) is 34.8 Å².